The van der Waals surface area contributed by atoms with Gasteiger partial charge in [0.2, 0.25) is 0 Å². The van der Waals surface area contributed by atoms with Gasteiger partial charge in [0.1, 0.15) is 11.4 Å². The van der Waals surface area contributed by atoms with Crippen LogP contribution in [0.3, 0.4) is 0 Å². The maximum atomic E-state index is 11.1. The Morgan fingerprint density at radius 2 is 1.86 bits per heavy atom. The van der Waals surface area contributed by atoms with Gasteiger partial charge in [0, 0.05) is 16.8 Å². The second kappa shape index (κ2) is 9.44. The smallest absolute Gasteiger partial charge is 0.317 e. The van der Waals surface area contributed by atoms with Crippen molar-refractivity contribution in [2.75, 3.05) is 6.54 Å². The van der Waals surface area contributed by atoms with E-state index in [9.17, 15) is 14.7 Å². The lowest BCUT2D eigenvalue weighted by atomic mass is 10.2. The van der Waals surface area contributed by atoms with Crippen molar-refractivity contribution < 1.29 is 19.8 Å². The third-order valence-corrected chi connectivity index (χ3v) is 3.62. The summed E-state index contributed by atoms with van der Waals surface area (Å²) in [6, 6.07) is 8.79. The van der Waals surface area contributed by atoms with E-state index in [1.165, 1.54) is 12.3 Å². The molecule has 0 aliphatic heterocycles. The van der Waals surface area contributed by atoms with Crippen LogP contribution in [-0.2, 0) is 11.3 Å². The zero-order chi connectivity index (χ0) is 20.7. The van der Waals surface area contributed by atoms with Crippen molar-refractivity contribution in [2.24, 2.45) is 11.5 Å². The molecular weight excluding hydrogens is 388 g/mol. The third kappa shape index (κ3) is 5.76. The molecule has 3 aromatic rings. The van der Waals surface area contributed by atoms with Crippen LogP contribution < -0.4 is 11.5 Å². The van der Waals surface area contributed by atoms with Crippen molar-refractivity contribution in [2.45, 2.75) is 6.54 Å². The van der Waals surface area contributed by atoms with Crippen molar-refractivity contribution >= 4 is 23.5 Å². The van der Waals surface area contributed by atoms with Crippen LogP contribution in [0.1, 0.15) is 16.1 Å². The fourth-order valence-electron chi connectivity index (χ4n) is 2.07. The van der Waals surface area contributed by atoms with Gasteiger partial charge < -0.3 is 21.7 Å². The lowest BCUT2D eigenvalue weighted by molar-refractivity contribution is -0.135. The van der Waals surface area contributed by atoms with Crippen molar-refractivity contribution in [3.05, 3.63) is 59.0 Å². The molecule has 0 atom stereocenters. The number of carboxylic acid groups (broad SMARTS) is 1. The van der Waals surface area contributed by atoms with Crippen LogP contribution in [0.2, 0.25) is 5.02 Å². The largest absolute Gasteiger partial charge is 0.505 e. The summed E-state index contributed by atoms with van der Waals surface area (Å²) in [7, 11) is 0. The van der Waals surface area contributed by atoms with Crippen LogP contribution in [-0.4, -0.2) is 48.6 Å². The van der Waals surface area contributed by atoms with Gasteiger partial charge in [-0.15, -0.1) is 5.10 Å². The molecular formula is C17H17ClN6O4. The third-order valence-electron chi connectivity index (χ3n) is 3.37. The van der Waals surface area contributed by atoms with Gasteiger partial charge in [-0.25, -0.2) is 9.67 Å². The van der Waals surface area contributed by atoms with E-state index in [1.807, 2.05) is 12.1 Å². The number of amides is 1. The normalized spacial score (nSPS) is 10.1. The van der Waals surface area contributed by atoms with Gasteiger partial charge in [0.15, 0.2) is 5.69 Å². The van der Waals surface area contributed by atoms with Crippen molar-refractivity contribution in [1.29, 1.82) is 0 Å². The first kappa shape index (κ1) is 20.8. The molecule has 28 heavy (non-hydrogen) atoms. The van der Waals surface area contributed by atoms with E-state index in [0.29, 0.717) is 22.8 Å². The van der Waals surface area contributed by atoms with Gasteiger partial charge in [-0.2, -0.15) is 0 Å². The zero-order valence-electron chi connectivity index (χ0n) is 14.5. The minimum absolute atomic E-state index is 0.178. The Morgan fingerprint density at radius 1 is 1.21 bits per heavy atom. The number of hydrogen-bond acceptors (Lipinski definition) is 7. The molecule has 0 fully saturated rings. The zero-order valence-corrected chi connectivity index (χ0v) is 15.2. The Balaban J connectivity index is 0.000000500. The number of aromatic hydroxyl groups is 1. The maximum absolute atomic E-state index is 11.1. The SMILES string of the molecule is NC(=O)c1ncc(-c2cn(Cc3ccc(Cl)cc3)nn2)cc1O.NCC(=O)O. The van der Waals surface area contributed by atoms with Crippen molar-refractivity contribution in [3.63, 3.8) is 0 Å². The van der Waals surface area contributed by atoms with E-state index in [-0.39, 0.29) is 18.0 Å². The Hall–Kier alpha value is -3.50. The summed E-state index contributed by atoms with van der Waals surface area (Å²) in [5.74, 6) is -2.05. The van der Waals surface area contributed by atoms with Crippen molar-refractivity contribution in [1.82, 2.24) is 20.0 Å². The fourth-order valence-corrected chi connectivity index (χ4v) is 2.19. The molecule has 3 rings (SSSR count). The highest BCUT2D eigenvalue weighted by Gasteiger charge is 2.12. The van der Waals surface area contributed by atoms with E-state index < -0.39 is 11.9 Å². The number of aliphatic carboxylic acids is 1. The number of carboxylic acids is 1. The quantitative estimate of drug-likeness (QED) is 0.485. The second-order valence-corrected chi connectivity index (χ2v) is 5.92. The van der Waals surface area contributed by atoms with Gasteiger partial charge in [0.25, 0.3) is 5.91 Å². The average molecular weight is 405 g/mol. The fraction of sp³-hybridized carbons (Fsp3) is 0.118. The van der Waals surface area contributed by atoms with Gasteiger partial charge in [-0.3, -0.25) is 9.59 Å². The average Bonchev–Trinajstić information content (AvgIpc) is 3.12. The van der Waals surface area contributed by atoms with E-state index in [1.54, 1.807) is 23.0 Å². The molecule has 0 spiro atoms. The molecule has 1 aromatic carbocycles. The molecule has 146 valence electrons. The predicted molar refractivity (Wildman–Crippen MR) is 101 cm³/mol. The highest BCUT2D eigenvalue weighted by Crippen LogP contribution is 2.23. The number of nitrogens with zero attached hydrogens (tertiary/aromatic N) is 4. The first-order valence-corrected chi connectivity index (χ1v) is 8.23. The molecule has 2 aromatic heterocycles. The number of aromatic nitrogens is 4. The molecule has 0 aliphatic carbocycles. The number of halogens is 1. The van der Waals surface area contributed by atoms with Crippen LogP contribution in [0, 0.1) is 0 Å². The Labute approximate surface area is 164 Å². The van der Waals surface area contributed by atoms with E-state index in [0.717, 1.165) is 5.56 Å². The molecule has 2 heterocycles. The van der Waals surface area contributed by atoms with Gasteiger partial charge in [-0.1, -0.05) is 28.9 Å². The Kier molecular flexibility index (Phi) is 7.02. The number of benzene rings is 1. The van der Waals surface area contributed by atoms with Gasteiger partial charge in [0.05, 0.1) is 19.3 Å². The summed E-state index contributed by atoms with van der Waals surface area (Å²) in [6.07, 6.45) is 3.13. The first-order chi connectivity index (χ1) is 13.3. The monoisotopic (exact) mass is 404 g/mol. The molecule has 0 saturated heterocycles. The number of primary amides is 1. The molecule has 1 amide bonds. The number of carbonyl (C=O) groups is 2. The molecule has 6 N–H and O–H groups in total. The molecule has 0 unspecified atom stereocenters. The number of nitrogens with two attached hydrogens (primary N) is 2. The summed E-state index contributed by atoms with van der Waals surface area (Å²) in [5.41, 5.74) is 11.6. The number of carbonyl (C=O) groups excluding carboxylic acids is 1. The highest BCUT2D eigenvalue weighted by atomic mass is 35.5. The number of hydrogen-bond donors (Lipinski definition) is 4. The summed E-state index contributed by atoms with van der Waals surface area (Å²) >= 11 is 5.85. The van der Waals surface area contributed by atoms with Gasteiger partial charge in [-0.05, 0) is 23.8 Å². The predicted octanol–water partition coefficient (Wildman–Crippen LogP) is 0.876. The lowest BCUT2D eigenvalue weighted by Gasteiger charge is -2.02. The highest BCUT2D eigenvalue weighted by molar-refractivity contribution is 6.30. The molecule has 0 radical (unpaired) electrons. The number of pyridine rings is 1. The Morgan fingerprint density at radius 3 is 2.39 bits per heavy atom. The molecule has 0 saturated carbocycles. The van der Waals surface area contributed by atoms with E-state index in [4.69, 9.17) is 22.4 Å². The van der Waals surface area contributed by atoms with E-state index in [2.05, 4.69) is 21.0 Å². The lowest BCUT2D eigenvalue weighted by Crippen LogP contribution is -2.13. The summed E-state index contributed by atoms with van der Waals surface area (Å²) < 4.78 is 1.65. The summed E-state index contributed by atoms with van der Waals surface area (Å²) in [5, 5.41) is 26.1. The number of rotatable bonds is 5. The topological polar surface area (TPSA) is 170 Å². The summed E-state index contributed by atoms with van der Waals surface area (Å²) in [4.78, 5) is 24.1. The first-order valence-electron chi connectivity index (χ1n) is 7.85. The van der Waals surface area contributed by atoms with Crippen LogP contribution in [0.5, 0.6) is 5.75 Å². The van der Waals surface area contributed by atoms with Gasteiger partial charge >= 0.3 is 5.97 Å². The van der Waals surface area contributed by atoms with Crippen LogP contribution in [0.4, 0.5) is 0 Å². The molecule has 0 aliphatic rings. The Bertz CT molecular complexity index is 974. The molecule has 0 bridgehead atoms. The second-order valence-electron chi connectivity index (χ2n) is 5.48. The standard InChI is InChI=1S/C15H12ClN5O2.C2H5NO2/c16-11-3-1-9(2-4-11)7-21-8-12(19-20-21)10-5-13(22)14(15(17)23)18-6-10;3-1-2(4)5/h1-6,8,22H,7H2,(H2,17,23);1,3H2,(H,4,5). The van der Waals surface area contributed by atoms with Crippen LogP contribution in [0.25, 0.3) is 11.3 Å². The van der Waals surface area contributed by atoms with E-state index >= 15 is 0 Å². The molecule has 11 heteroatoms. The van der Waals surface area contributed by atoms with Crippen molar-refractivity contribution in [3.8, 4) is 17.0 Å². The minimum Gasteiger partial charge on any atom is -0.505 e. The van der Waals surface area contributed by atoms with Crippen LogP contribution in [0.15, 0.2) is 42.7 Å². The maximum Gasteiger partial charge on any atom is 0.317 e. The minimum atomic E-state index is -0.968. The summed E-state index contributed by atoms with van der Waals surface area (Å²) in [6.45, 7) is 0.253. The molecule has 10 nitrogen and oxygen atoms in total. The van der Waals surface area contributed by atoms with Crippen LogP contribution >= 0.6 is 11.6 Å².